The first-order valence-electron chi connectivity index (χ1n) is 7.34. The minimum absolute atomic E-state index is 0.674. The van der Waals surface area contributed by atoms with E-state index < -0.39 is 0 Å². The first-order chi connectivity index (χ1) is 8.83. The molecule has 1 aliphatic heterocycles. The summed E-state index contributed by atoms with van der Waals surface area (Å²) in [5.74, 6) is 1.63. The maximum absolute atomic E-state index is 3.52. The van der Waals surface area contributed by atoms with Crippen molar-refractivity contribution in [3.8, 4) is 0 Å². The number of nitrogens with one attached hydrogen (secondary N) is 1. The van der Waals surface area contributed by atoms with Gasteiger partial charge in [0.15, 0.2) is 0 Å². The summed E-state index contributed by atoms with van der Waals surface area (Å²) in [6, 6.07) is 8.77. The Morgan fingerprint density at radius 1 is 1.17 bits per heavy atom. The van der Waals surface area contributed by atoms with E-state index in [0.717, 1.165) is 12.5 Å². The molecular weight excluding hydrogens is 220 g/mol. The Labute approximate surface area is 110 Å². The van der Waals surface area contributed by atoms with Crippen molar-refractivity contribution >= 4 is 5.69 Å². The molecule has 1 N–H and O–H groups in total. The van der Waals surface area contributed by atoms with Gasteiger partial charge in [-0.3, -0.25) is 0 Å². The Bertz CT molecular complexity index is 396. The van der Waals surface area contributed by atoms with E-state index in [4.69, 9.17) is 0 Å². The Morgan fingerprint density at radius 3 is 2.78 bits per heavy atom. The Morgan fingerprint density at radius 2 is 1.94 bits per heavy atom. The van der Waals surface area contributed by atoms with Crippen molar-refractivity contribution < 1.29 is 0 Å². The van der Waals surface area contributed by atoms with Crippen LogP contribution in [0.4, 0.5) is 5.69 Å². The molecule has 0 amide bonds. The van der Waals surface area contributed by atoms with Crippen LogP contribution in [-0.2, 0) is 0 Å². The molecule has 1 aromatic rings. The molecule has 0 radical (unpaired) electrons. The summed E-state index contributed by atoms with van der Waals surface area (Å²) in [7, 11) is 2.29. The van der Waals surface area contributed by atoms with E-state index in [1.54, 1.807) is 0 Å². The fourth-order valence-corrected chi connectivity index (χ4v) is 3.60. The lowest BCUT2D eigenvalue weighted by Gasteiger charge is -2.24. The summed E-state index contributed by atoms with van der Waals surface area (Å²) < 4.78 is 0. The van der Waals surface area contributed by atoms with Gasteiger partial charge in [0.05, 0.1) is 0 Å². The number of likely N-dealkylation sites (N-methyl/N-ethyl adjacent to an activating group) is 1. The number of benzene rings is 1. The lowest BCUT2D eigenvalue weighted by molar-refractivity contribution is 0.266. The molecule has 0 saturated heterocycles. The second-order valence-corrected chi connectivity index (χ2v) is 6.04. The number of rotatable bonds is 4. The molecule has 18 heavy (non-hydrogen) atoms. The molecule has 1 aromatic carbocycles. The van der Waals surface area contributed by atoms with Gasteiger partial charge in [0.25, 0.3) is 0 Å². The molecule has 98 valence electrons. The van der Waals surface area contributed by atoms with Gasteiger partial charge in [-0.1, -0.05) is 31.0 Å². The SMILES string of the molecule is CN(CC1CCCC1)CC1CNc2ccccc21. The van der Waals surface area contributed by atoms with E-state index in [2.05, 4.69) is 41.5 Å². The number of hydrogen-bond donors (Lipinski definition) is 1. The zero-order chi connectivity index (χ0) is 12.4. The van der Waals surface area contributed by atoms with Gasteiger partial charge in [0, 0.05) is 31.2 Å². The van der Waals surface area contributed by atoms with Crippen LogP contribution in [0.25, 0.3) is 0 Å². The normalized spacial score (nSPS) is 23.3. The minimum atomic E-state index is 0.674. The Hall–Kier alpha value is -1.02. The largest absolute Gasteiger partial charge is 0.384 e. The molecule has 0 aromatic heterocycles. The van der Waals surface area contributed by atoms with Crippen LogP contribution in [0, 0.1) is 5.92 Å². The molecule has 1 atom stereocenters. The molecule has 2 heteroatoms. The second-order valence-electron chi connectivity index (χ2n) is 6.04. The van der Waals surface area contributed by atoms with Crippen LogP contribution in [0.1, 0.15) is 37.2 Å². The van der Waals surface area contributed by atoms with Crippen molar-refractivity contribution in [1.29, 1.82) is 0 Å². The average Bonchev–Trinajstić information content (AvgIpc) is 3.00. The maximum atomic E-state index is 3.52. The van der Waals surface area contributed by atoms with E-state index in [9.17, 15) is 0 Å². The fourth-order valence-electron chi connectivity index (χ4n) is 3.60. The average molecular weight is 244 g/mol. The van der Waals surface area contributed by atoms with E-state index in [1.165, 1.54) is 50.0 Å². The third-order valence-electron chi connectivity index (χ3n) is 4.52. The summed E-state index contributed by atoms with van der Waals surface area (Å²) >= 11 is 0. The number of fused-ring (bicyclic) bond motifs is 1. The zero-order valence-corrected chi connectivity index (χ0v) is 11.4. The molecule has 0 bridgehead atoms. The van der Waals surface area contributed by atoms with Gasteiger partial charge in [0.2, 0.25) is 0 Å². The molecule has 2 nitrogen and oxygen atoms in total. The Balaban J connectivity index is 1.57. The van der Waals surface area contributed by atoms with Gasteiger partial charge in [-0.2, -0.15) is 0 Å². The third kappa shape index (κ3) is 2.54. The molecule has 1 aliphatic carbocycles. The second kappa shape index (κ2) is 5.31. The fraction of sp³-hybridized carbons (Fsp3) is 0.625. The van der Waals surface area contributed by atoms with Gasteiger partial charge >= 0.3 is 0 Å². The molecule has 0 spiro atoms. The predicted molar refractivity (Wildman–Crippen MR) is 77.1 cm³/mol. The third-order valence-corrected chi connectivity index (χ3v) is 4.52. The van der Waals surface area contributed by atoms with Gasteiger partial charge in [0.1, 0.15) is 0 Å². The highest BCUT2D eigenvalue weighted by atomic mass is 15.1. The van der Waals surface area contributed by atoms with Crippen molar-refractivity contribution in [2.24, 2.45) is 5.92 Å². The Kier molecular flexibility index (Phi) is 3.55. The molecule has 2 aliphatic rings. The van der Waals surface area contributed by atoms with E-state index in [1.807, 2.05) is 0 Å². The molecule has 3 rings (SSSR count). The monoisotopic (exact) mass is 244 g/mol. The number of para-hydroxylation sites is 1. The van der Waals surface area contributed by atoms with Gasteiger partial charge in [-0.25, -0.2) is 0 Å². The summed E-state index contributed by atoms with van der Waals surface area (Å²) in [5, 5.41) is 3.52. The summed E-state index contributed by atoms with van der Waals surface area (Å²) in [5.41, 5.74) is 2.85. The van der Waals surface area contributed by atoms with Crippen LogP contribution in [-0.4, -0.2) is 31.6 Å². The molecule has 1 unspecified atom stereocenters. The van der Waals surface area contributed by atoms with E-state index >= 15 is 0 Å². The lowest BCUT2D eigenvalue weighted by atomic mass is 10.00. The van der Waals surface area contributed by atoms with Crippen LogP contribution in [0.5, 0.6) is 0 Å². The molecule has 1 heterocycles. The lowest BCUT2D eigenvalue weighted by Crippen LogP contribution is -2.29. The zero-order valence-electron chi connectivity index (χ0n) is 11.4. The minimum Gasteiger partial charge on any atom is -0.384 e. The van der Waals surface area contributed by atoms with Crippen LogP contribution < -0.4 is 5.32 Å². The van der Waals surface area contributed by atoms with Crippen LogP contribution in [0.2, 0.25) is 0 Å². The summed E-state index contributed by atoms with van der Waals surface area (Å²) in [6.45, 7) is 3.59. The first kappa shape index (κ1) is 12.0. The van der Waals surface area contributed by atoms with Gasteiger partial charge in [-0.15, -0.1) is 0 Å². The standard InChI is InChI=1S/C16H24N2/c1-18(11-13-6-2-3-7-13)12-14-10-17-16-9-5-4-8-15(14)16/h4-5,8-9,13-14,17H,2-3,6-7,10-12H2,1H3. The highest BCUT2D eigenvalue weighted by molar-refractivity contribution is 5.57. The van der Waals surface area contributed by atoms with E-state index in [-0.39, 0.29) is 0 Å². The van der Waals surface area contributed by atoms with Crippen LogP contribution >= 0.6 is 0 Å². The molecule has 1 fully saturated rings. The van der Waals surface area contributed by atoms with Gasteiger partial charge < -0.3 is 10.2 Å². The first-order valence-corrected chi connectivity index (χ1v) is 7.34. The molecule has 1 saturated carbocycles. The van der Waals surface area contributed by atoms with Gasteiger partial charge in [-0.05, 0) is 37.4 Å². The van der Waals surface area contributed by atoms with Crippen molar-refractivity contribution in [2.75, 3.05) is 32.0 Å². The number of anilines is 1. The smallest absolute Gasteiger partial charge is 0.0376 e. The van der Waals surface area contributed by atoms with E-state index in [0.29, 0.717) is 5.92 Å². The van der Waals surface area contributed by atoms with Crippen molar-refractivity contribution in [3.05, 3.63) is 29.8 Å². The van der Waals surface area contributed by atoms with Crippen LogP contribution in [0.3, 0.4) is 0 Å². The van der Waals surface area contributed by atoms with Crippen molar-refractivity contribution in [1.82, 2.24) is 4.90 Å². The number of hydrogen-bond acceptors (Lipinski definition) is 2. The summed E-state index contributed by atoms with van der Waals surface area (Å²) in [6.07, 6.45) is 5.80. The molecular formula is C16H24N2. The quantitative estimate of drug-likeness (QED) is 0.874. The van der Waals surface area contributed by atoms with Crippen molar-refractivity contribution in [3.63, 3.8) is 0 Å². The summed E-state index contributed by atoms with van der Waals surface area (Å²) in [4.78, 5) is 2.55. The van der Waals surface area contributed by atoms with Crippen LogP contribution in [0.15, 0.2) is 24.3 Å². The number of nitrogens with zero attached hydrogens (tertiary/aromatic N) is 1. The highest BCUT2D eigenvalue weighted by Gasteiger charge is 2.24. The maximum Gasteiger partial charge on any atom is 0.0376 e. The predicted octanol–water partition coefficient (Wildman–Crippen LogP) is 3.32. The van der Waals surface area contributed by atoms with Crippen molar-refractivity contribution in [2.45, 2.75) is 31.6 Å². The highest BCUT2D eigenvalue weighted by Crippen LogP contribution is 2.32. The topological polar surface area (TPSA) is 15.3 Å².